The van der Waals surface area contributed by atoms with Crippen LogP contribution in [0, 0.1) is 0 Å². The summed E-state index contributed by atoms with van der Waals surface area (Å²) in [6, 6.07) is 0. The molecule has 0 radical (unpaired) electrons. The van der Waals surface area contributed by atoms with E-state index in [0.717, 1.165) is 37.8 Å². The third-order valence-corrected chi connectivity index (χ3v) is 5.61. The number of carbonyl (C=O) groups excluding carboxylic acids is 2. The molecule has 6 nitrogen and oxygen atoms in total. The van der Waals surface area contributed by atoms with Crippen molar-refractivity contribution in [2.75, 3.05) is 31.6 Å². The Hall–Kier alpha value is -1.44. The van der Waals surface area contributed by atoms with Crippen molar-refractivity contribution in [3.8, 4) is 0 Å². The quantitative estimate of drug-likeness (QED) is 0.754. The van der Waals surface area contributed by atoms with Gasteiger partial charge in [-0.25, -0.2) is 0 Å². The average Bonchev–Trinajstić information content (AvgIpc) is 2.93. The summed E-state index contributed by atoms with van der Waals surface area (Å²) in [4.78, 5) is 26.1. The van der Waals surface area contributed by atoms with Gasteiger partial charge in [0.1, 0.15) is 5.00 Å². The first-order valence-electron chi connectivity index (χ1n) is 8.74. The third kappa shape index (κ3) is 3.96. The first-order chi connectivity index (χ1) is 11.7. The number of carbonyl (C=O) groups is 2. The lowest BCUT2D eigenvalue weighted by atomic mass is 9.95. The van der Waals surface area contributed by atoms with Crippen LogP contribution >= 0.6 is 11.3 Å². The Bertz CT molecular complexity index is 608. The highest BCUT2D eigenvalue weighted by atomic mass is 32.1. The third-order valence-electron chi connectivity index (χ3n) is 4.41. The van der Waals surface area contributed by atoms with Gasteiger partial charge in [0.25, 0.3) is 5.91 Å². The highest BCUT2D eigenvalue weighted by Crippen LogP contribution is 2.38. The van der Waals surface area contributed by atoms with Crippen molar-refractivity contribution < 1.29 is 14.3 Å². The van der Waals surface area contributed by atoms with Gasteiger partial charge in [-0.1, -0.05) is 0 Å². The molecule has 3 N–H and O–H groups in total. The maximum atomic E-state index is 12.5. The van der Waals surface area contributed by atoms with Crippen LogP contribution in [0.5, 0.6) is 0 Å². The van der Waals surface area contributed by atoms with Crippen molar-refractivity contribution in [1.82, 2.24) is 10.6 Å². The van der Waals surface area contributed by atoms with Crippen molar-refractivity contribution in [2.24, 2.45) is 0 Å². The van der Waals surface area contributed by atoms with Crippen LogP contribution in [0.15, 0.2) is 0 Å². The molecule has 2 heterocycles. The van der Waals surface area contributed by atoms with Gasteiger partial charge in [-0.05, 0) is 38.2 Å². The monoisotopic (exact) mass is 351 g/mol. The van der Waals surface area contributed by atoms with E-state index >= 15 is 0 Å². The number of amides is 2. The van der Waals surface area contributed by atoms with E-state index in [0.29, 0.717) is 36.7 Å². The molecule has 1 unspecified atom stereocenters. The predicted octanol–water partition coefficient (Wildman–Crippen LogP) is 1.69. The lowest BCUT2D eigenvalue weighted by Crippen LogP contribution is -2.40. The second kappa shape index (κ2) is 8.09. The fraction of sp³-hybridized carbons (Fsp3) is 0.647. The van der Waals surface area contributed by atoms with Gasteiger partial charge in [0, 0.05) is 24.5 Å². The fourth-order valence-corrected chi connectivity index (χ4v) is 4.58. The first kappa shape index (κ1) is 17.4. The van der Waals surface area contributed by atoms with Gasteiger partial charge in [-0.2, -0.15) is 0 Å². The van der Waals surface area contributed by atoms with Gasteiger partial charge in [-0.15, -0.1) is 11.3 Å². The Kier molecular flexibility index (Phi) is 5.86. The second-order valence-corrected chi connectivity index (χ2v) is 7.33. The summed E-state index contributed by atoms with van der Waals surface area (Å²) in [5, 5.41) is 9.76. The molecule has 2 aliphatic rings. The number of thiophene rings is 1. The molecular weight excluding hydrogens is 326 g/mol. The van der Waals surface area contributed by atoms with Crippen LogP contribution in [0.25, 0.3) is 0 Å². The normalized spacial score (nSPS) is 20.3. The van der Waals surface area contributed by atoms with Crippen molar-refractivity contribution in [1.29, 1.82) is 0 Å². The molecule has 2 amide bonds. The fourth-order valence-electron chi connectivity index (χ4n) is 3.28. The Balaban J connectivity index is 1.75. The summed E-state index contributed by atoms with van der Waals surface area (Å²) in [7, 11) is 0. The summed E-state index contributed by atoms with van der Waals surface area (Å²) < 4.78 is 5.58. The van der Waals surface area contributed by atoms with E-state index in [1.807, 2.05) is 6.92 Å². The molecule has 1 atom stereocenters. The van der Waals surface area contributed by atoms with Crippen molar-refractivity contribution in [2.45, 2.75) is 45.1 Å². The number of hydrogen-bond donors (Lipinski definition) is 3. The summed E-state index contributed by atoms with van der Waals surface area (Å²) in [5.41, 5.74) is 1.80. The van der Waals surface area contributed by atoms with Crippen LogP contribution < -0.4 is 16.0 Å². The number of rotatable bonds is 5. The first-order valence-corrected chi connectivity index (χ1v) is 9.55. The number of hydrogen-bond acceptors (Lipinski definition) is 5. The van der Waals surface area contributed by atoms with Crippen LogP contribution in [0.3, 0.4) is 0 Å². The van der Waals surface area contributed by atoms with Gasteiger partial charge < -0.3 is 20.7 Å². The smallest absolute Gasteiger partial charge is 0.254 e. The van der Waals surface area contributed by atoms with Gasteiger partial charge in [0.2, 0.25) is 5.91 Å². The van der Waals surface area contributed by atoms with Gasteiger partial charge >= 0.3 is 0 Å². The van der Waals surface area contributed by atoms with Crippen molar-refractivity contribution in [3.63, 3.8) is 0 Å². The maximum absolute atomic E-state index is 12.5. The molecule has 1 aliphatic heterocycles. The van der Waals surface area contributed by atoms with Gasteiger partial charge in [-0.3, -0.25) is 9.59 Å². The minimum absolute atomic E-state index is 0.0808. The largest absolute Gasteiger partial charge is 0.375 e. The molecule has 1 aromatic heterocycles. The highest BCUT2D eigenvalue weighted by molar-refractivity contribution is 7.17. The number of ether oxygens (including phenoxy) is 1. The zero-order chi connectivity index (χ0) is 16.9. The molecule has 7 heteroatoms. The van der Waals surface area contributed by atoms with E-state index in [4.69, 9.17) is 4.74 Å². The molecule has 1 aromatic rings. The summed E-state index contributed by atoms with van der Waals surface area (Å²) in [6.07, 6.45) is 4.38. The van der Waals surface area contributed by atoms with E-state index in [2.05, 4.69) is 16.0 Å². The standard InChI is InChI=1S/C17H25N3O3S/c1-2-19-16(22)15-12-5-3-4-6-13(12)24-17(15)20-14(21)9-11-10-18-7-8-23-11/h11,18H,2-10H2,1H3,(H,19,22)(H,20,21). The lowest BCUT2D eigenvalue weighted by Gasteiger charge is -2.23. The second-order valence-electron chi connectivity index (χ2n) is 6.22. The van der Waals surface area contributed by atoms with E-state index < -0.39 is 0 Å². The molecule has 0 saturated carbocycles. The minimum atomic E-state index is -0.0961. The topological polar surface area (TPSA) is 79.5 Å². The summed E-state index contributed by atoms with van der Waals surface area (Å²) in [6.45, 7) is 4.64. The molecule has 1 saturated heterocycles. The lowest BCUT2D eigenvalue weighted by molar-refractivity contribution is -0.119. The predicted molar refractivity (Wildman–Crippen MR) is 94.8 cm³/mol. The summed E-state index contributed by atoms with van der Waals surface area (Å²) in [5.74, 6) is -0.171. The highest BCUT2D eigenvalue weighted by Gasteiger charge is 2.26. The van der Waals surface area contributed by atoms with Crippen LogP contribution in [0.1, 0.15) is 47.0 Å². The molecule has 0 bridgehead atoms. The SMILES string of the molecule is CCNC(=O)c1c(NC(=O)CC2CNCCO2)sc2c1CCCC2. The van der Waals surface area contributed by atoms with Crippen molar-refractivity contribution in [3.05, 3.63) is 16.0 Å². The Morgan fingerprint density at radius 3 is 2.92 bits per heavy atom. The zero-order valence-corrected chi connectivity index (χ0v) is 14.9. The molecular formula is C17H25N3O3S. The van der Waals surface area contributed by atoms with Crippen LogP contribution in [-0.4, -0.2) is 44.2 Å². The van der Waals surface area contributed by atoms with E-state index in [-0.39, 0.29) is 17.9 Å². The van der Waals surface area contributed by atoms with Crippen LogP contribution in [0.2, 0.25) is 0 Å². The van der Waals surface area contributed by atoms with E-state index in [1.54, 1.807) is 11.3 Å². The molecule has 0 aromatic carbocycles. The van der Waals surface area contributed by atoms with E-state index in [9.17, 15) is 9.59 Å². The number of nitrogens with one attached hydrogen (secondary N) is 3. The Morgan fingerprint density at radius 1 is 1.33 bits per heavy atom. The Morgan fingerprint density at radius 2 is 2.17 bits per heavy atom. The number of fused-ring (bicyclic) bond motifs is 1. The minimum Gasteiger partial charge on any atom is -0.375 e. The summed E-state index contributed by atoms with van der Waals surface area (Å²) >= 11 is 1.56. The number of morpholine rings is 1. The number of aryl methyl sites for hydroxylation is 1. The zero-order valence-electron chi connectivity index (χ0n) is 14.1. The Labute approximate surface area is 146 Å². The number of anilines is 1. The average molecular weight is 351 g/mol. The van der Waals surface area contributed by atoms with Crippen molar-refractivity contribution >= 4 is 28.2 Å². The van der Waals surface area contributed by atoms with Crippen LogP contribution in [0.4, 0.5) is 5.00 Å². The van der Waals surface area contributed by atoms with E-state index in [1.165, 1.54) is 4.88 Å². The molecule has 1 fully saturated rings. The molecule has 132 valence electrons. The molecule has 3 rings (SSSR count). The van der Waals surface area contributed by atoms with Gasteiger partial charge in [0.15, 0.2) is 0 Å². The molecule has 24 heavy (non-hydrogen) atoms. The molecule has 1 aliphatic carbocycles. The van der Waals surface area contributed by atoms with Crippen LogP contribution in [-0.2, 0) is 22.4 Å². The molecule has 0 spiro atoms. The van der Waals surface area contributed by atoms with Gasteiger partial charge in [0.05, 0.1) is 24.7 Å². The maximum Gasteiger partial charge on any atom is 0.254 e.